The summed E-state index contributed by atoms with van der Waals surface area (Å²) in [5.74, 6) is 2.20. The number of aromatic hydroxyl groups is 1. The molecule has 0 fully saturated rings. The van der Waals surface area contributed by atoms with Crippen molar-refractivity contribution in [2.45, 2.75) is 59.8 Å². The lowest BCUT2D eigenvalue weighted by Crippen LogP contribution is -2.16. The van der Waals surface area contributed by atoms with Crippen molar-refractivity contribution < 1.29 is 33.0 Å². The van der Waals surface area contributed by atoms with Gasteiger partial charge in [-0.25, -0.2) is 14.0 Å². The van der Waals surface area contributed by atoms with E-state index in [-0.39, 0.29) is 23.6 Å². The van der Waals surface area contributed by atoms with Gasteiger partial charge in [-0.15, -0.1) is 23.7 Å². The van der Waals surface area contributed by atoms with E-state index in [1.165, 1.54) is 36.8 Å². The second kappa shape index (κ2) is 19.1. The van der Waals surface area contributed by atoms with Crippen molar-refractivity contribution in [3.05, 3.63) is 85.6 Å². The Balaban J connectivity index is 0.000000402. The second-order valence-corrected chi connectivity index (χ2v) is 9.70. The number of alkyl carbamates (subject to hydrolysis) is 1. The first-order chi connectivity index (χ1) is 20.1. The average molecular weight is 620 g/mol. The number of unbranched alkanes of at least 4 members (excludes halogenated alkanes) is 1. The number of carbonyl (C=O) groups is 2. The van der Waals surface area contributed by atoms with Crippen molar-refractivity contribution in [1.29, 1.82) is 0 Å². The number of thiophene rings is 1. The number of rotatable bonds is 10. The Kier molecular flexibility index (Phi) is 16.4. The molecule has 8 nitrogen and oxygen atoms in total. The molecule has 0 radical (unpaired) electrons. The Morgan fingerprint density at radius 3 is 2.57 bits per heavy atom. The molecule has 2 heterocycles. The summed E-state index contributed by atoms with van der Waals surface area (Å²) in [7, 11) is 1.27. The number of ketones is 1. The number of aryl methyl sites for hydroxylation is 2. The van der Waals surface area contributed by atoms with Crippen molar-refractivity contribution in [2.75, 3.05) is 7.11 Å². The van der Waals surface area contributed by atoms with Crippen LogP contribution >= 0.6 is 22.9 Å². The quantitative estimate of drug-likeness (QED) is 0.134. The van der Waals surface area contributed by atoms with Gasteiger partial charge < -0.3 is 19.0 Å². The molecule has 0 aliphatic heterocycles. The number of nitrogens with one attached hydrogen (secondary N) is 1. The molecule has 0 aliphatic carbocycles. The Morgan fingerprint density at radius 2 is 1.98 bits per heavy atom. The fourth-order valence-electron chi connectivity index (χ4n) is 3.15. The lowest BCUT2D eigenvalue weighted by atomic mass is 10.1. The Hall–Kier alpha value is -4.07. The molecule has 42 heavy (non-hydrogen) atoms. The normalized spacial score (nSPS) is 10.0. The number of allylic oxidation sites excluding steroid dienone is 1. The number of terminal acetylenes is 1. The van der Waals surface area contributed by atoms with Crippen LogP contribution in [0.15, 0.2) is 51.8 Å². The summed E-state index contributed by atoms with van der Waals surface area (Å²) in [6.45, 7) is 7.30. The summed E-state index contributed by atoms with van der Waals surface area (Å²) in [6.07, 6.45) is 10.2. The van der Waals surface area contributed by atoms with Gasteiger partial charge in [0.15, 0.2) is 10.8 Å². The van der Waals surface area contributed by atoms with Crippen LogP contribution in [0.1, 0.15) is 66.6 Å². The fourth-order valence-corrected chi connectivity index (χ4v) is 4.36. The van der Waals surface area contributed by atoms with Gasteiger partial charge in [0.1, 0.15) is 28.6 Å². The molecular weight excluding hydrogens is 585 g/mol. The number of benzene rings is 1. The third kappa shape index (κ3) is 11.8. The van der Waals surface area contributed by atoms with Gasteiger partial charge in [-0.1, -0.05) is 44.5 Å². The minimum Gasteiger partial charge on any atom is -0.507 e. The molecule has 0 aliphatic rings. The molecular formula is C31H35ClFNO7S. The molecule has 0 unspecified atom stereocenters. The highest BCUT2D eigenvalue weighted by Gasteiger charge is 2.17. The van der Waals surface area contributed by atoms with Crippen LogP contribution in [0, 0.1) is 25.1 Å². The van der Waals surface area contributed by atoms with E-state index in [0.717, 1.165) is 4.88 Å². The highest BCUT2D eigenvalue weighted by Crippen LogP contribution is 2.36. The summed E-state index contributed by atoms with van der Waals surface area (Å²) >= 11 is 7.38. The maximum atomic E-state index is 13.4. The van der Waals surface area contributed by atoms with Gasteiger partial charge in [-0.05, 0) is 31.4 Å². The number of hydrogen-bond acceptors (Lipinski definition) is 8. The molecule has 2 N–H and O–H groups in total. The number of Topliss-reactive ketones (excluding diaryl/α,β-unsaturated/α-hetero) is 1. The summed E-state index contributed by atoms with van der Waals surface area (Å²) in [5.41, 5.74) is -0.530. The van der Waals surface area contributed by atoms with Crippen LogP contribution in [-0.4, -0.2) is 24.1 Å². The number of amides is 1. The van der Waals surface area contributed by atoms with Crippen molar-refractivity contribution in [1.82, 2.24) is 5.32 Å². The van der Waals surface area contributed by atoms with Gasteiger partial charge in [0.2, 0.25) is 0 Å². The number of halogens is 2. The van der Waals surface area contributed by atoms with E-state index in [1.54, 1.807) is 38.1 Å². The summed E-state index contributed by atoms with van der Waals surface area (Å²) in [5, 5.41) is 13.3. The summed E-state index contributed by atoms with van der Waals surface area (Å²) in [6, 6.07) is 7.72. The van der Waals surface area contributed by atoms with Crippen molar-refractivity contribution in [3.8, 4) is 28.9 Å². The molecule has 3 rings (SSSR count). The zero-order chi connectivity index (χ0) is 31.7. The predicted octanol–water partition coefficient (Wildman–Crippen LogP) is 7.97. The van der Waals surface area contributed by atoms with Crippen LogP contribution < -0.4 is 15.7 Å². The van der Waals surface area contributed by atoms with Crippen LogP contribution in [0.2, 0.25) is 5.02 Å². The van der Waals surface area contributed by atoms with Gasteiger partial charge in [0.05, 0.1) is 12.1 Å². The fraction of sp³-hybridized carbons (Fsp3) is 0.323. The highest BCUT2D eigenvalue weighted by molar-refractivity contribution is 7.14. The molecule has 226 valence electrons. The van der Waals surface area contributed by atoms with E-state index in [0.29, 0.717) is 52.8 Å². The molecule has 0 saturated heterocycles. The van der Waals surface area contributed by atoms with Crippen molar-refractivity contribution >= 4 is 34.8 Å². The first-order valence-corrected chi connectivity index (χ1v) is 14.3. The molecule has 0 atom stereocenters. The Morgan fingerprint density at radius 1 is 1.26 bits per heavy atom. The van der Waals surface area contributed by atoms with E-state index in [2.05, 4.69) is 16.0 Å². The number of ether oxygens (including phenoxy) is 2. The lowest BCUT2D eigenvalue weighted by Gasteiger charge is -2.03. The second-order valence-electron chi connectivity index (χ2n) is 8.20. The monoisotopic (exact) mass is 619 g/mol. The maximum Gasteiger partial charge on any atom is 0.410 e. The number of hydrogen-bond donors (Lipinski definition) is 2. The van der Waals surface area contributed by atoms with Gasteiger partial charge in [-0.3, -0.25) is 10.1 Å². The smallest absolute Gasteiger partial charge is 0.410 e. The zero-order valence-corrected chi connectivity index (χ0v) is 25.8. The molecule has 11 heteroatoms. The SMILES string of the molecule is C#CCc1sc(Oc2ccc(C)c(F)c2)cc1Cl.CC.CCC(=O)c1c(O)cc(CCC/C=C/NC(=O)OC)oc1=O. The highest BCUT2D eigenvalue weighted by atomic mass is 35.5. The predicted molar refractivity (Wildman–Crippen MR) is 163 cm³/mol. The van der Waals surface area contributed by atoms with Crippen molar-refractivity contribution in [3.63, 3.8) is 0 Å². The molecule has 0 spiro atoms. The third-order valence-corrected chi connectivity index (χ3v) is 6.70. The van der Waals surface area contributed by atoms with E-state index in [1.807, 2.05) is 13.8 Å². The van der Waals surface area contributed by atoms with E-state index in [9.17, 15) is 23.9 Å². The van der Waals surface area contributed by atoms with Crippen LogP contribution in [0.5, 0.6) is 16.6 Å². The Bertz CT molecular complexity index is 1460. The largest absolute Gasteiger partial charge is 0.507 e. The number of methoxy groups -OCH3 is 1. The lowest BCUT2D eigenvalue weighted by molar-refractivity contribution is 0.0980. The standard InChI is InChI=1S/C15H19NO6.C14H10ClFOS.C2H6/c1-3-11(17)13-12(18)9-10(22-14(13)19)7-5-4-6-8-16-15(20)21-2;1-3-4-13-11(15)8-14(18-13)17-10-6-5-9(2)12(16)7-10;1-2/h6,8-9,18H,3-5,7H2,1-2H3,(H,16,20);1,5-8H,4H2,2H3;1-2H3/b8-6+;;. The molecule has 3 aromatic rings. The first kappa shape index (κ1) is 36.0. The first-order valence-electron chi connectivity index (χ1n) is 13.1. The van der Waals surface area contributed by atoms with Crippen LogP contribution in [0.25, 0.3) is 0 Å². The van der Waals surface area contributed by atoms with Gasteiger partial charge in [-0.2, -0.15) is 0 Å². The van der Waals surface area contributed by atoms with E-state index >= 15 is 0 Å². The zero-order valence-electron chi connectivity index (χ0n) is 24.2. The summed E-state index contributed by atoms with van der Waals surface area (Å²) in [4.78, 5) is 34.8. The van der Waals surface area contributed by atoms with Gasteiger partial charge in [0.25, 0.3) is 0 Å². The number of carbonyl (C=O) groups excluding carboxylic acids is 2. The molecule has 2 aromatic heterocycles. The van der Waals surface area contributed by atoms with Crippen molar-refractivity contribution in [2.24, 2.45) is 0 Å². The topological polar surface area (TPSA) is 115 Å². The van der Waals surface area contributed by atoms with Gasteiger partial charge >= 0.3 is 11.7 Å². The summed E-state index contributed by atoms with van der Waals surface area (Å²) < 4.78 is 28.3. The molecule has 1 amide bonds. The van der Waals surface area contributed by atoms with Crippen LogP contribution in [0.3, 0.4) is 0 Å². The van der Waals surface area contributed by atoms with Gasteiger partial charge in [0, 0.05) is 48.5 Å². The average Bonchev–Trinajstić information content (AvgIpc) is 3.31. The van der Waals surface area contributed by atoms with Crippen LogP contribution in [0.4, 0.5) is 9.18 Å². The molecule has 0 bridgehead atoms. The van der Waals surface area contributed by atoms with Crippen LogP contribution in [-0.2, 0) is 17.6 Å². The maximum absolute atomic E-state index is 13.4. The van der Waals surface area contributed by atoms with E-state index < -0.39 is 17.5 Å². The van der Waals surface area contributed by atoms with E-state index in [4.69, 9.17) is 27.2 Å². The molecule has 1 aromatic carbocycles. The molecule has 0 saturated carbocycles. The minimum absolute atomic E-state index is 0.121. The minimum atomic E-state index is -0.815. The Labute approximate surface area is 254 Å². The third-order valence-electron chi connectivity index (χ3n) is 5.24.